The molecule has 0 aromatic rings. The molecule has 0 bridgehead atoms. The summed E-state index contributed by atoms with van der Waals surface area (Å²) in [5.41, 5.74) is 0. The number of hydrogen-bond donors (Lipinski definition) is 2. The molecule has 29 heavy (non-hydrogen) atoms. The average Bonchev–Trinajstić information content (AvgIpc) is 2.64. The summed E-state index contributed by atoms with van der Waals surface area (Å²) in [5.74, 6) is -0.0105. The Labute approximate surface area is 182 Å². The second-order valence-corrected chi connectivity index (χ2v) is 9.62. The van der Waals surface area contributed by atoms with Crippen LogP contribution in [0.4, 0.5) is 0 Å². The van der Waals surface area contributed by atoms with Gasteiger partial charge in [-0.25, -0.2) is 0 Å². The first-order valence-corrected chi connectivity index (χ1v) is 12.7. The van der Waals surface area contributed by atoms with Crippen LogP contribution in [-0.4, -0.2) is 48.9 Å². The molecule has 0 aromatic heterocycles. The molecule has 0 saturated carbocycles. The molecule has 1 unspecified atom stereocenters. The van der Waals surface area contributed by atoms with Gasteiger partial charge in [0.25, 0.3) is 0 Å². The fraction of sp³-hybridized carbons (Fsp3) is 0.960. The molecule has 0 spiro atoms. The normalized spacial score (nSPS) is 12.9. The van der Waals surface area contributed by atoms with E-state index in [0.29, 0.717) is 13.0 Å². The lowest BCUT2D eigenvalue weighted by Crippen LogP contribution is -2.51. The smallest absolute Gasteiger partial charge is 0.222 e. The fourth-order valence-corrected chi connectivity index (χ4v) is 4.13. The summed E-state index contributed by atoms with van der Waals surface area (Å²) in [6, 6.07) is 0. The summed E-state index contributed by atoms with van der Waals surface area (Å²) in [5, 5.41) is 12.8. The van der Waals surface area contributed by atoms with E-state index in [1.54, 1.807) is 0 Å². The van der Waals surface area contributed by atoms with Crippen LogP contribution in [0.25, 0.3) is 0 Å². The highest BCUT2D eigenvalue weighted by Gasteiger charge is 2.20. The molecule has 0 rings (SSSR count). The Morgan fingerprint density at radius 3 is 1.55 bits per heavy atom. The zero-order valence-corrected chi connectivity index (χ0v) is 20.3. The van der Waals surface area contributed by atoms with Gasteiger partial charge >= 0.3 is 0 Å². The van der Waals surface area contributed by atoms with E-state index in [0.717, 1.165) is 30.3 Å². The molecule has 4 heteroatoms. The third-order valence-corrected chi connectivity index (χ3v) is 5.83. The van der Waals surface area contributed by atoms with Gasteiger partial charge in [0.15, 0.2) is 6.23 Å². The molecule has 0 radical (unpaired) electrons. The number of nitrogens with one attached hydrogen (secondary N) is 1. The lowest BCUT2D eigenvalue weighted by molar-refractivity contribution is -0.893. The van der Waals surface area contributed by atoms with Gasteiger partial charge in [-0.3, -0.25) is 4.79 Å². The van der Waals surface area contributed by atoms with Crippen LogP contribution in [-0.2, 0) is 4.79 Å². The van der Waals surface area contributed by atoms with Crippen LogP contribution < -0.4 is 5.32 Å². The molecule has 2 N–H and O–H groups in total. The first-order chi connectivity index (χ1) is 13.9. The maximum atomic E-state index is 12.0. The number of carbonyl (C=O) groups excluding carboxylic acids is 1. The van der Waals surface area contributed by atoms with E-state index in [-0.39, 0.29) is 5.91 Å². The van der Waals surface area contributed by atoms with E-state index in [1.165, 1.54) is 83.5 Å². The molecule has 0 saturated heterocycles. The summed E-state index contributed by atoms with van der Waals surface area (Å²) in [4.78, 5) is 12.0. The van der Waals surface area contributed by atoms with Crippen molar-refractivity contribution in [3.8, 4) is 0 Å². The SMILES string of the molecule is CCCCCCCCCCCCCCCCCC(=O)NC(O)C[N+](C)(C)CCC. The van der Waals surface area contributed by atoms with Crippen molar-refractivity contribution in [2.45, 2.75) is 129 Å². The second kappa shape index (κ2) is 19.4. The second-order valence-electron chi connectivity index (χ2n) is 9.62. The van der Waals surface area contributed by atoms with E-state index < -0.39 is 6.23 Å². The maximum absolute atomic E-state index is 12.0. The van der Waals surface area contributed by atoms with Crippen molar-refractivity contribution in [1.82, 2.24) is 5.32 Å². The molecule has 0 aliphatic heterocycles. The third-order valence-electron chi connectivity index (χ3n) is 5.83. The molecule has 0 heterocycles. The molecule has 0 aliphatic rings. The van der Waals surface area contributed by atoms with Crippen molar-refractivity contribution in [3.05, 3.63) is 0 Å². The van der Waals surface area contributed by atoms with Crippen molar-refractivity contribution in [2.75, 3.05) is 27.2 Å². The highest BCUT2D eigenvalue weighted by molar-refractivity contribution is 5.75. The number of unbranched alkanes of at least 4 members (excludes halogenated alkanes) is 14. The van der Waals surface area contributed by atoms with Gasteiger partial charge in [0.2, 0.25) is 5.91 Å². The summed E-state index contributed by atoms with van der Waals surface area (Å²) < 4.78 is 0.733. The molecule has 1 atom stereocenters. The van der Waals surface area contributed by atoms with Gasteiger partial charge in [-0.2, -0.15) is 0 Å². The summed E-state index contributed by atoms with van der Waals surface area (Å²) in [6.45, 7) is 5.99. The average molecular weight is 414 g/mol. The van der Waals surface area contributed by atoms with Crippen LogP contribution in [0.15, 0.2) is 0 Å². The monoisotopic (exact) mass is 413 g/mol. The van der Waals surface area contributed by atoms with Crippen LogP contribution in [0.5, 0.6) is 0 Å². The molecule has 174 valence electrons. The molecular weight excluding hydrogens is 360 g/mol. The van der Waals surface area contributed by atoms with Crippen molar-refractivity contribution in [2.24, 2.45) is 0 Å². The minimum absolute atomic E-state index is 0.0105. The summed E-state index contributed by atoms with van der Waals surface area (Å²) in [6.07, 6.45) is 20.8. The zero-order chi connectivity index (χ0) is 21.8. The predicted octanol–water partition coefficient (Wildman–Crippen LogP) is 6.17. The highest BCUT2D eigenvalue weighted by Crippen LogP contribution is 2.13. The van der Waals surface area contributed by atoms with Gasteiger partial charge < -0.3 is 14.9 Å². The molecular formula is C25H53N2O2+. The van der Waals surface area contributed by atoms with Gasteiger partial charge in [0, 0.05) is 6.42 Å². The Hall–Kier alpha value is -0.610. The van der Waals surface area contributed by atoms with Crippen molar-refractivity contribution < 1.29 is 14.4 Å². The van der Waals surface area contributed by atoms with Crippen molar-refractivity contribution in [3.63, 3.8) is 0 Å². The number of rotatable bonds is 21. The van der Waals surface area contributed by atoms with Crippen molar-refractivity contribution in [1.29, 1.82) is 0 Å². The van der Waals surface area contributed by atoms with Crippen LogP contribution in [0, 0.1) is 0 Å². The van der Waals surface area contributed by atoms with Crippen LogP contribution in [0.3, 0.4) is 0 Å². The van der Waals surface area contributed by atoms with E-state index in [1.807, 2.05) is 0 Å². The predicted molar refractivity (Wildman–Crippen MR) is 126 cm³/mol. The van der Waals surface area contributed by atoms with Crippen LogP contribution in [0.2, 0.25) is 0 Å². The Morgan fingerprint density at radius 1 is 0.724 bits per heavy atom. The van der Waals surface area contributed by atoms with Crippen LogP contribution >= 0.6 is 0 Å². The Morgan fingerprint density at radius 2 is 1.14 bits per heavy atom. The van der Waals surface area contributed by atoms with E-state index in [9.17, 15) is 9.90 Å². The Balaban J connectivity index is 3.38. The van der Waals surface area contributed by atoms with Gasteiger partial charge in [-0.05, 0) is 12.8 Å². The molecule has 1 amide bonds. The molecule has 0 aliphatic carbocycles. The number of carbonyl (C=O) groups is 1. The number of aliphatic hydroxyl groups excluding tert-OH is 1. The minimum atomic E-state index is -0.736. The topological polar surface area (TPSA) is 49.3 Å². The van der Waals surface area contributed by atoms with Crippen LogP contribution in [0.1, 0.15) is 123 Å². The molecule has 4 nitrogen and oxygen atoms in total. The quantitative estimate of drug-likeness (QED) is 0.134. The molecule has 0 fully saturated rings. The summed E-state index contributed by atoms with van der Waals surface area (Å²) >= 11 is 0. The van der Waals surface area contributed by atoms with E-state index >= 15 is 0 Å². The Bertz CT molecular complexity index is 372. The number of aliphatic hydroxyl groups is 1. The highest BCUT2D eigenvalue weighted by atomic mass is 16.3. The number of likely N-dealkylation sites (N-methyl/N-ethyl adjacent to an activating group) is 1. The van der Waals surface area contributed by atoms with Crippen molar-refractivity contribution >= 4 is 5.91 Å². The van der Waals surface area contributed by atoms with Gasteiger partial charge in [-0.15, -0.1) is 0 Å². The lowest BCUT2D eigenvalue weighted by Gasteiger charge is -2.31. The fourth-order valence-electron chi connectivity index (χ4n) is 4.13. The Kier molecular flexibility index (Phi) is 19.0. The third kappa shape index (κ3) is 20.4. The number of amides is 1. The van der Waals surface area contributed by atoms with Gasteiger partial charge in [0.1, 0.15) is 6.54 Å². The first kappa shape index (κ1) is 28.4. The number of quaternary nitrogens is 1. The van der Waals surface area contributed by atoms with Gasteiger partial charge in [-0.1, -0.05) is 104 Å². The summed E-state index contributed by atoms with van der Waals surface area (Å²) in [7, 11) is 4.18. The van der Waals surface area contributed by atoms with E-state index in [4.69, 9.17) is 0 Å². The van der Waals surface area contributed by atoms with E-state index in [2.05, 4.69) is 33.3 Å². The molecule has 0 aromatic carbocycles. The standard InChI is InChI=1S/C25H52N2O2/c1-5-7-8-9-10-11-12-13-14-15-16-17-18-19-20-21-24(28)26-25(29)23-27(3,4)22-6-2/h25,29H,5-23H2,1-4H3/p+1. The maximum Gasteiger partial charge on any atom is 0.222 e. The first-order valence-electron chi connectivity index (χ1n) is 12.7. The minimum Gasteiger partial charge on any atom is -0.368 e. The number of nitrogens with zero attached hydrogens (tertiary/aromatic N) is 1. The zero-order valence-electron chi connectivity index (χ0n) is 20.3. The van der Waals surface area contributed by atoms with Gasteiger partial charge in [0.05, 0.1) is 20.6 Å². The lowest BCUT2D eigenvalue weighted by atomic mass is 10.0. The number of hydrogen-bond acceptors (Lipinski definition) is 2. The largest absolute Gasteiger partial charge is 0.368 e.